The van der Waals surface area contributed by atoms with E-state index in [1.165, 1.54) is 5.69 Å². The maximum absolute atomic E-state index is 12.0. The van der Waals surface area contributed by atoms with E-state index in [2.05, 4.69) is 46.3 Å². The van der Waals surface area contributed by atoms with Crippen molar-refractivity contribution in [1.82, 2.24) is 10.2 Å². The maximum Gasteiger partial charge on any atom is 0.237 e. The van der Waals surface area contributed by atoms with Gasteiger partial charge in [-0.2, -0.15) is 0 Å². The number of hydrogen-bond acceptors (Lipinski definition) is 3. The number of carbonyl (C=O) groups is 1. The molecule has 1 heterocycles. The lowest BCUT2D eigenvalue weighted by Crippen LogP contribution is -2.54. The highest BCUT2D eigenvalue weighted by Gasteiger charge is 2.25. The molecule has 1 aromatic carbocycles. The molecule has 1 aromatic rings. The number of nitrogens with zero attached hydrogens (tertiary/aromatic N) is 2. The molecular weight excluding hydrogens is 250 g/mol. The van der Waals surface area contributed by atoms with Crippen LogP contribution in [0.25, 0.3) is 0 Å². The smallest absolute Gasteiger partial charge is 0.237 e. The fourth-order valence-electron chi connectivity index (χ4n) is 2.57. The Morgan fingerprint density at radius 1 is 1.20 bits per heavy atom. The van der Waals surface area contributed by atoms with Crippen LogP contribution in [0.1, 0.15) is 20.3 Å². The molecule has 0 aromatic heterocycles. The molecule has 0 unspecified atom stereocenters. The van der Waals surface area contributed by atoms with E-state index in [-0.39, 0.29) is 11.9 Å². The van der Waals surface area contributed by atoms with Crippen LogP contribution in [0.2, 0.25) is 0 Å². The van der Waals surface area contributed by atoms with Gasteiger partial charge in [-0.25, -0.2) is 0 Å². The van der Waals surface area contributed by atoms with Crippen LogP contribution in [0.4, 0.5) is 5.69 Å². The van der Waals surface area contributed by atoms with Gasteiger partial charge in [0, 0.05) is 38.4 Å². The minimum atomic E-state index is -0.0283. The van der Waals surface area contributed by atoms with Crippen molar-refractivity contribution in [2.75, 3.05) is 37.6 Å². The zero-order valence-electron chi connectivity index (χ0n) is 12.5. The summed E-state index contributed by atoms with van der Waals surface area (Å²) in [5.41, 5.74) is 1.27. The summed E-state index contributed by atoms with van der Waals surface area (Å²) in [7, 11) is 0. The van der Waals surface area contributed by atoms with Crippen LogP contribution in [-0.2, 0) is 4.79 Å². The van der Waals surface area contributed by atoms with E-state index >= 15 is 0 Å². The largest absolute Gasteiger partial charge is 0.369 e. The Labute approximate surface area is 121 Å². The summed E-state index contributed by atoms with van der Waals surface area (Å²) >= 11 is 0. The second-order valence-electron chi connectivity index (χ2n) is 5.33. The highest BCUT2D eigenvalue weighted by molar-refractivity contribution is 5.81. The molecule has 1 aliphatic heterocycles. The van der Waals surface area contributed by atoms with Gasteiger partial charge < -0.3 is 10.2 Å². The van der Waals surface area contributed by atoms with Gasteiger partial charge in [-0.1, -0.05) is 25.1 Å². The molecule has 20 heavy (non-hydrogen) atoms. The molecule has 1 aliphatic rings. The third-order valence-electron chi connectivity index (χ3n) is 3.91. The van der Waals surface area contributed by atoms with Crippen molar-refractivity contribution >= 4 is 11.6 Å². The summed E-state index contributed by atoms with van der Waals surface area (Å²) in [6.45, 7) is 8.69. The average Bonchev–Trinajstić information content (AvgIpc) is 2.53. The molecular formula is C16H25N3O. The van der Waals surface area contributed by atoms with Crippen LogP contribution >= 0.6 is 0 Å². The molecule has 4 nitrogen and oxygen atoms in total. The Balaban J connectivity index is 1.83. The summed E-state index contributed by atoms with van der Waals surface area (Å²) in [6, 6.07) is 10.4. The minimum absolute atomic E-state index is 0.0283. The molecule has 4 heteroatoms. The van der Waals surface area contributed by atoms with E-state index in [1.807, 2.05) is 13.0 Å². The number of anilines is 1. The number of piperazine rings is 1. The number of rotatable bonds is 5. The molecule has 1 atom stereocenters. The lowest BCUT2D eigenvalue weighted by Gasteiger charge is -2.38. The second-order valence-corrected chi connectivity index (χ2v) is 5.33. The number of hydrogen-bond donors (Lipinski definition) is 1. The van der Waals surface area contributed by atoms with E-state index in [0.29, 0.717) is 0 Å². The Bertz CT molecular complexity index is 413. The molecule has 110 valence electrons. The minimum Gasteiger partial charge on any atom is -0.369 e. The predicted molar refractivity (Wildman–Crippen MR) is 83.0 cm³/mol. The quantitative estimate of drug-likeness (QED) is 0.889. The molecule has 1 amide bonds. The van der Waals surface area contributed by atoms with Crippen molar-refractivity contribution in [1.29, 1.82) is 0 Å². The molecule has 0 aliphatic carbocycles. The molecule has 0 bridgehead atoms. The van der Waals surface area contributed by atoms with E-state index in [9.17, 15) is 4.79 Å². The third kappa shape index (κ3) is 3.73. The molecule has 2 rings (SSSR count). The van der Waals surface area contributed by atoms with Crippen molar-refractivity contribution in [2.45, 2.75) is 26.3 Å². The Hall–Kier alpha value is -1.55. The predicted octanol–water partition coefficient (Wildman–Crippen LogP) is 1.72. The van der Waals surface area contributed by atoms with E-state index in [4.69, 9.17) is 0 Å². The number of nitrogens with one attached hydrogen (secondary N) is 1. The van der Waals surface area contributed by atoms with Crippen LogP contribution in [-0.4, -0.2) is 49.6 Å². The molecule has 0 spiro atoms. The van der Waals surface area contributed by atoms with Gasteiger partial charge in [0.05, 0.1) is 6.04 Å². The fourth-order valence-corrected chi connectivity index (χ4v) is 2.57. The molecule has 0 saturated carbocycles. The summed E-state index contributed by atoms with van der Waals surface area (Å²) < 4.78 is 0. The molecule has 0 radical (unpaired) electrons. The number of amides is 1. The maximum atomic E-state index is 12.0. The normalized spacial score (nSPS) is 17.8. The zero-order chi connectivity index (χ0) is 14.4. The van der Waals surface area contributed by atoms with Crippen LogP contribution in [0.15, 0.2) is 30.3 Å². The zero-order valence-corrected chi connectivity index (χ0v) is 12.5. The van der Waals surface area contributed by atoms with Crippen molar-refractivity contribution in [3.8, 4) is 0 Å². The Morgan fingerprint density at radius 3 is 2.45 bits per heavy atom. The van der Waals surface area contributed by atoms with Gasteiger partial charge in [0.1, 0.15) is 0 Å². The van der Waals surface area contributed by atoms with Crippen LogP contribution in [0, 0.1) is 0 Å². The average molecular weight is 275 g/mol. The van der Waals surface area contributed by atoms with Crippen molar-refractivity contribution in [2.24, 2.45) is 0 Å². The van der Waals surface area contributed by atoms with Crippen LogP contribution in [0.3, 0.4) is 0 Å². The van der Waals surface area contributed by atoms with Crippen molar-refractivity contribution < 1.29 is 4.79 Å². The lowest BCUT2D eigenvalue weighted by molar-refractivity contribution is -0.126. The van der Waals surface area contributed by atoms with Gasteiger partial charge in [-0.15, -0.1) is 0 Å². The number of para-hydroxylation sites is 1. The summed E-state index contributed by atoms with van der Waals surface area (Å²) in [6.07, 6.45) is 0.986. The first-order valence-electron chi connectivity index (χ1n) is 7.54. The van der Waals surface area contributed by atoms with Crippen molar-refractivity contribution in [3.05, 3.63) is 30.3 Å². The van der Waals surface area contributed by atoms with Gasteiger partial charge in [0.2, 0.25) is 5.91 Å². The van der Waals surface area contributed by atoms with E-state index in [1.54, 1.807) is 0 Å². The summed E-state index contributed by atoms with van der Waals surface area (Å²) in [5, 5.41) is 2.98. The Kier molecular flexibility index (Phi) is 5.41. The van der Waals surface area contributed by atoms with E-state index in [0.717, 1.165) is 39.1 Å². The standard InChI is InChI=1S/C16H25N3O/c1-3-9-17-16(20)14(2)18-10-12-19(13-11-18)15-7-5-4-6-8-15/h4-8,14H,3,9-13H2,1-2H3,(H,17,20)/t14-/m0/s1. The second kappa shape index (κ2) is 7.29. The highest BCUT2D eigenvalue weighted by atomic mass is 16.2. The van der Waals surface area contributed by atoms with Crippen LogP contribution in [0.5, 0.6) is 0 Å². The van der Waals surface area contributed by atoms with Gasteiger partial charge >= 0.3 is 0 Å². The number of benzene rings is 1. The molecule has 1 N–H and O–H groups in total. The van der Waals surface area contributed by atoms with Crippen molar-refractivity contribution in [3.63, 3.8) is 0 Å². The van der Waals surface area contributed by atoms with E-state index < -0.39 is 0 Å². The Morgan fingerprint density at radius 2 is 1.85 bits per heavy atom. The highest BCUT2D eigenvalue weighted by Crippen LogP contribution is 2.16. The van der Waals surface area contributed by atoms with Gasteiger partial charge in [0.15, 0.2) is 0 Å². The summed E-state index contributed by atoms with van der Waals surface area (Å²) in [4.78, 5) is 16.6. The first-order chi connectivity index (χ1) is 9.72. The molecule has 1 fully saturated rings. The number of carbonyl (C=O) groups excluding carboxylic acids is 1. The van der Waals surface area contributed by atoms with Gasteiger partial charge in [0.25, 0.3) is 0 Å². The lowest BCUT2D eigenvalue weighted by atomic mass is 10.2. The SMILES string of the molecule is CCCNC(=O)[C@H](C)N1CCN(c2ccccc2)CC1. The first-order valence-corrected chi connectivity index (χ1v) is 7.54. The fraction of sp³-hybridized carbons (Fsp3) is 0.562. The topological polar surface area (TPSA) is 35.6 Å². The van der Waals surface area contributed by atoms with Gasteiger partial charge in [-0.05, 0) is 25.5 Å². The summed E-state index contributed by atoms with van der Waals surface area (Å²) in [5.74, 6) is 0.153. The monoisotopic (exact) mass is 275 g/mol. The molecule has 1 saturated heterocycles. The third-order valence-corrected chi connectivity index (χ3v) is 3.91. The van der Waals surface area contributed by atoms with Crippen LogP contribution < -0.4 is 10.2 Å². The van der Waals surface area contributed by atoms with Gasteiger partial charge in [-0.3, -0.25) is 9.69 Å². The first kappa shape index (κ1) is 14.9.